The average molecular weight is 543 g/mol. The second kappa shape index (κ2) is 10.5. The topological polar surface area (TPSA) is 145 Å². The molecule has 4 aromatic rings. The summed E-state index contributed by atoms with van der Waals surface area (Å²) in [5.41, 5.74) is 2.48. The molecule has 0 saturated carbocycles. The van der Waals surface area contributed by atoms with Crippen molar-refractivity contribution in [3.63, 3.8) is 0 Å². The number of aryl methyl sites for hydroxylation is 2. The summed E-state index contributed by atoms with van der Waals surface area (Å²) in [6.45, 7) is 5.67. The number of carbonyl (C=O) groups excluding carboxylic acids is 2. The first-order valence-electron chi connectivity index (χ1n) is 11.1. The van der Waals surface area contributed by atoms with E-state index in [9.17, 15) is 18.0 Å². The molecule has 192 valence electrons. The highest BCUT2D eigenvalue weighted by Gasteiger charge is 2.21. The number of pyridine rings is 2. The fourth-order valence-electron chi connectivity index (χ4n) is 3.47. The molecule has 0 radical (unpaired) electrons. The molecule has 0 aliphatic carbocycles. The van der Waals surface area contributed by atoms with Gasteiger partial charge < -0.3 is 9.30 Å². The lowest BCUT2D eigenvalue weighted by molar-refractivity contribution is 0.0976. The van der Waals surface area contributed by atoms with Crippen molar-refractivity contribution in [2.45, 2.75) is 32.2 Å². The number of rotatable bonds is 7. The molecule has 3 aromatic heterocycles. The molecule has 2 amide bonds. The maximum atomic E-state index is 12.8. The normalized spacial score (nSPS) is 11.4. The minimum Gasteiger partial charge on any atom is -0.450 e. The summed E-state index contributed by atoms with van der Waals surface area (Å²) in [4.78, 5) is 37.5. The van der Waals surface area contributed by atoms with E-state index in [2.05, 4.69) is 25.0 Å². The van der Waals surface area contributed by atoms with Crippen LogP contribution in [-0.2, 0) is 21.3 Å². The number of carbonyl (C=O) groups is 2. The van der Waals surface area contributed by atoms with Crippen LogP contribution in [0.3, 0.4) is 0 Å². The molecule has 0 fully saturated rings. The van der Waals surface area contributed by atoms with Crippen molar-refractivity contribution < 1.29 is 22.7 Å². The highest BCUT2D eigenvalue weighted by atomic mass is 35.5. The zero-order chi connectivity index (χ0) is 26.7. The smallest absolute Gasteiger partial charge is 0.411 e. The Morgan fingerprint density at radius 1 is 1.08 bits per heavy atom. The number of benzene rings is 1. The Morgan fingerprint density at radius 2 is 1.81 bits per heavy atom. The molecule has 13 heteroatoms. The predicted molar refractivity (Wildman–Crippen MR) is 137 cm³/mol. The molecule has 3 heterocycles. The number of hydrogen-bond acceptors (Lipinski definition) is 8. The molecule has 0 aliphatic rings. The van der Waals surface area contributed by atoms with Gasteiger partial charge in [-0.2, -0.15) is 0 Å². The van der Waals surface area contributed by atoms with Crippen LogP contribution in [0.15, 0.2) is 53.6 Å². The van der Waals surface area contributed by atoms with Crippen molar-refractivity contribution in [1.82, 2.24) is 24.2 Å². The molecule has 4 rings (SSSR count). The third-order valence-electron chi connectivity index (χ3n) is 5.32. The standard InChI is InChI=1S/C24H23ClN6O5S/c1-4-36-24(33)28-16-11-18(25)21(26-12-16)13-31-15(3)27-19-9-10-20(29-22(19)31)23(32)30-37(34,35)17-7-5-14(2)6-8-17/h5-12H,4,13H2,1-3H3,(H,28,33)(H,30,32). The summed E-state index contributed by atoms with van der Waals surface area (Å²) in [7, 11) is -4.08. The molecular formula is C24H23ClN6O5S. The third-order valence-corrected chi connectivity index (χ3v) is 7.00. The molecule has 0 bridgehead atoms. The Bertz CT molecular complexity index is 1600. The van der Waals surface area contributed by atoms with E-state index < -0.39 is 22.0 Å². The highest BCUT2D eigenvalue weighted by molar-refractivity contribution is 7.90. The number of aromatic nitrogens is 4. The Morgan fingerprint density at radius 3 is 2.49 bits per heavy atom. The molecule has 0 saturated heterocycles. The Labute approximate surface area is 217 Å². The third kappa shape index (κ3) is 5.87. The van der Waals surface area contributed by atoms with Crippen molar-refractivity contribution in [2.24, 2.45) is 0 Å². The Balaban J connectivity index is 1.59. The van der Waals surface area contributed by atoms with Crippen LogP contribution >= 0.6 is 11.6 Å². The Hall–Kier alpha value is -4.03. The summed E-state index contributed by atoms with van der Waals surface area (Å²) < 4.78 is 33.9. The van der Waals surface area contributed by atoms with Crippen LogP contribution in [0.1, 0.15) is 34.5 Å². The molecule has 1 aromatic carbocycles. The molecular weight excluding hydrogens is 520 g/mol. The molecule has 0 atom stereocenters. The quantitative estimate of drug-likeness (QED) is 0.358. The lowest BCUT2D eigenvalue weighted by Crippen LogP contribution is -2.31. The van der Waals surface area contributed by atoms with Gasteiger partial charge in [0.25, 0.3) is 15.9 Å². The summed E-state index contributed by atoms with van der Waals surface area (Å²) in [5, 5.41) is 2.82. The molecule has 11 nitrogen and oxygen atoms in total. The van der Waals surface area contributed by atoms with E-state index in [1.54, 1.807) is 36.6 Å². The number of hydrogen-bond donors (Lipinski definition) is 2. The summed E-state index contributed by atoms with van der Waals surface area (Å²) in [5.74, 6) is -0.294. The summed E-state index contributed by atoms with van der Waals surface area (Å²) in [6.07, 6.45) is 0.818. The van der Waals surface area contributed by atoms with Gasteiger partial charge in [0.2, 0.25) is 0 Å². The van der Waals surface area contributed by atoms with E-state index >= 15 is 0 Å². The van der Waals surface area contributed by atoms with Crippen LogP contribution in [0.5, 0.6) is 0 Å². The fraction of sp³-hybridized carbons (Fsp3) is 0.208. The van der Waals surface area contributed by atoms with Crippen LogP contribution in [0.2, 0.25) is 5.02 Å². The number of anilines is 1. The number of sulfonamides is 1. The van der Waals surface area contributed by atoms with Gasteiger partial charge in [-0.05, 0) is 51.1 Å². The van der Waals surface area contributed by atoms with Crippen molar-refractivity contribution in [1.29, 1.82) is 0 Å². The van der Waals surface area contributed by atoms with Crippen molar-refractivity contribution in [2.75, 3.05) is 11.9 Å². The maximum Gasteiger partial charge on any atom is 0.411 e. The molecule has 0 aliphatic heterocycles. The zero-order valence-electron chi connectivity index (χ0n) is 20.1. The van der Waals surface area contributed by atoms with Gasteiger partial charge in [-0.25, -0.2) is 27.9 Å². The van der Waals surface area contributed by atoms with Gasteiger partial charge >= 0.3 is 6.09 Å². The van der Waals surface area contributed by atoms with Gasteiger partial charge in [-0.1, -0.05) is 29.3 Å². The average Bonchev–Trinajstić information content (AvgIpc) is 3.15. The largest absolute Gasteiger partial charge is 0.450 e. The number of imidazole rings is 1. The van der Waals surface area contributed by atoms with Crippen LogP contribution in [0.25, 0.3) is 11.2 Å². The lowest BCUT2D eigenvalue weighted by atomic mass is 10.2. The number of halogens is 1. The van der Waals surface area contributed by atoms with Crippen molar-refractivity contribution in [3.05, 3.63) is 76.5 Å². The van der Waals surface area contributed by atoms with Crippen molar-refractivity contribution in [3.8, 4) is 0 Å². The predicted octanol–water partition coefficient (Wildman–Crippen LogP) is 3.83. The van der Waals surface area contributed by atoms with E-state index in [-0.39, 0.29) is 28.8 Å². The monoisotopic (exact) mass is 542 g/mol. The Kier molecular flexibility index (Phi) is 7.41. The van der Waals surface area contributed by atoms with Gasteiger partial charge in [-0.3, -0.25) is 15.1 Å². The first-order valence-corrected chi connectivity index (χ1v) is 13.0. The summed E-state index contributed by atoms with van der Waals surface area (Å²) in [6, 6.07) is 10.7. The minimum absolute atomic E-state index is 0.0324. The van der Waals surface area contributed by atoms with Crippen molar-refractivity contribution >= 4 is 50.5 Å². The SMILES string of the molecule is CCOC(=O)Nc1cnc(Cn2c(C)nc3ccc(C(=O)NS(=O)(=O)c4ccc(C)cc4)nc32)c(Cl)c1. The van der Waals surface area contributed by atoms with Crippen LogP contribution in [-0.4, -0.2) is 46.5 Å². The number of nitrogens with one attached hydrogen (secondary N) is 2. The van der Waals surface area contributed by atoms with E-state index in [4.69, 9.17) is 16.3 Å². The van der Waals surface area contributed by atoms with Gasteiger partial charge in [0, 0.05) is 0 Å². The number of amides is 2. The molecule has 0 unspecified atom stereocenters. The number of nitrogens with zero attached hydrogens (tertiary/aromatic N) is 4. The van der Waals surface area contributed by atoms with Gasteiger partial charge in [0.05, 0.1) is 40.6 Å². The van der Waals surface area contributed by atoms with E-state index in [1.165, 1.54) is 30.5 Å². The zero-order valence-corrected chi connectivity index (χ0v) is 21.7. The molecule has 0 spiro atoms. The second-order valence-corrected chi connectivity index (χ2v) is 10.1. The van der Waals surface area contributed by atoms with Crippen LogP contribution < -0.4 is 10.0 Å². The second-order valence-electron chi connectivity index (χ2n) is 8.03. The first-order chi connectivity index (χ1) is 17.6. The minimum atomic E-state index is -4.08. The van der Waals surface area contributed by atoms with E-state index in [0.717, 1.165) is 5.56 Å². The number of ether oxygens (including phenoxy) is 1. The van der Waals surface area contributed by atoms with E-state index in [1.807, 2.05) is 6.92 Å². The summed E-state index contributed by atoms with van der Waals surface area (Å²) >= 11 is 6.39. The van der Waals surface area contributed by atoms with Gasteiger partial charge in [-0.15, -0.1) is 0 Å². The van der Waals surface area contributed by atoms with E-state index in [0.29, 0.717) is 28.4 Å². The van der Waals surface area contributed by atoms with Crippen LogP contribution in [0, 0.1) is 13.8 Å². The maximum absolute atomic E-state index is 12.8. The van der Waals surface area contributed by atoms with Crippen LogP contribution in [0.4, 0.5) is 10.5 Å². The molecule has 2 N–H and O–H groups in total. The van der Waals surface area contributed by atoms with Gasteiger partial charge in [0.1, 0.15) is 17.0 Å². The number of fused-ring (bicyclic) bond motifs is 1. The molecule has 37 heavy (non-hydrogen) atoms. The fourth-order valence-corrected chi connectivity index (χ4v) is 4.65. The lowest BCUT2D eigenvalue weighted by Gasteiger charge is -2.10. The first kappa shape index (κ1) is 26.0. The van der Waals surface area contributed by atoms with Gasteiger partial charge in [0.15, 0.2) is 5.65 Å². The highest BCUT2D eigenvalue weighted by Crippen LogP contribution is 2.23.